The van der Waals surface area contributed by atoms with Gasteiger partial charge in [-0.05, 0) is 18.1 Å². The van der Waals surface area contributed by atoms with Gasteiger partial charge in [-0.3, -0.25) is 9.59 Å². The van der Waals surface area contributed by atoms with Crippen molar-refractivity contribution >= 4 is 11.6 Å². The second kappa shape index (κ2) is 8.51. The van der Waals surface area contributed by atoms with Crippen molar-refractivity contribution in [1.29, 1.82) is 0 Å². The van der Waals surface area contributed by atoms with Crippen LogP contribution >= 0.6 is 0 Å². The monoisotopic (exact) mass is 416 g/mol. The van der Waals surface area contributed by atoms with Crippen molar-refractivity contribution in [1.82, 2.24) is 29.9 Å². The molecule has 2 N–H and O–H groups in total. The molecule has 3 heterocycles. The second-order valence-electron chi connectivity index (χ2n) is 7.88. The van der Waals surface area contributed by atoms with Gasteiger partial charge in [0.1, 0.15) is 11.4 Å². The molecule has 0 saturated carbocycles. The molecule has 4 aromatic rings. The molecule has 1 atom stereocenters. The molecule has 0 radical (unpaired) electrons. The lowest BCUT2D eigenvalue weighted by Crippen LogP contribution is -2.30. The van der Waals surface area contributed by atoms with E-state index in [1.54, 1.807) is 10.7 Å². The molecular weight excluding hydrogens is 392 g/mol. The number of aromatic amines is 1. The first-order valence-corrected chi connectivity index (χ1v) is 10.2. The van der Waals surface area contributed by atoms with Crippen LogP contribution in [0.25, 0.3) is 5.65 Å². The fourth-order valence-electron chi connectivity index (χ4n) is 3.42. The van der Waals surface area contributed by atoms with Crippen molar-refractivity contribution in [3.8, 4) is 0 Å². The minimum atomic E-state index is -0.372. The number of rotatable bonds is 6. The molecule has 0 aliphatic heterocycles. The summed E-state index contributed by atoms with van der Waals surface area (Å²) >= 11 is 0. The van der Waals surface area contributed by atoms with Gasteiger partial charge in [0.05, 0.1) is 17.9 Å². The molecule has 4 rings (SSSR count). The summed E-state index contributed by atoms with van der Waals surface area (Å²) in [5.41, 5.74) is 3.17. The van der Waals surface area contributed by atoms with E-state index in [9.17, 15) is 9.59 Å². The largest absolute Gasteiger partial charge is 0.345 e. The van der Waals surface area contributed by atoms with Crippen molar-refractivity contribution < 1.29 is 4.79 Å². The number of carbonyl (C=O) groups is 1. The fourth-order valence-corrected chi connectivity index (χ4v) is 3.42. The average Bonchev–Trinajstić information content (AvgIpc) is 3.16. The highest BCUT2D eigenvalue weighted by Crippen LogP contribution is 2.19. The van der Waals surface area contributed by atoms with Gasteiger partial charge in [-0.15, -0.1) is 0 Å². The van der Waals surface area contributed by atoms with E-state index in [-0.39, 0.29) is 23.4 Å². The Kier molecular flexibility index (Phi) is 5.62. The van der Waals surface area contributed by atoms with Crippen LogP contribution in [-0.2, 0) is 6.42 Å². The lowest BCUT2D eigenvalue weighted by atomic mass is 10.0. The summed E-state index contributed by atoms with van der Waals surface area (Å²) in [6.45, 7) is 5.86. The summed E-state index contributed by atoms with van der Waals surface area (Å²) < 4.78 is 1.59. The van der Waals surface area contributed by atoms with Crippen LogP contribution in [0, 0.1) is 6.92 Å². The van der Waals surface area contributed by atoms with Gasteiger partial charge in [0.25, 0.3) is 11.5 Å². The van der Waals surface area contributed by atoms with Gasteiger partial charge in [-0.2, -0.15) is 5.10 Å². The van der Waals surface area contributed by atoms with Crippen molar-refractivity contribution in [2.45, 2.75) is 39.2 Å². The molecule has 8 heteroatoms. The Hall–Kier alpha value is -3.81. The van der Waals surface area contributed by atoms with Gasteiger partial charge < -0.3 is 10.3 Å². The summed E-state index contributed by atoms with van der Waals surface area (Å²) in [7, 11) is 0. The molecule has 0 fully saturated rings. The van der Waals surface area contributed by atoms with Crippen LogP contribution in [0.3, 0.4) is 0 Å². The van der Waals surface area contributed by atoms with Crippen molar-refractivity contribution in [2.75, 3.05) is 0 Å². The van der Waals surface area contributed by atoms with Gasteiger partial charge in [0.2, 0.25) is 0 Å². The number of amides is 1. The number of H-pyrrole nitrogens is 1. The van der Waals surface area contributed by atoms with Crippen molar-refractivity contribution in [3.63, 3.8) is 0 Å². The Balaban J connectivity index is 1.66. The van der Waals surface area contributed by atoms with E-state index >= 15 is 0 Å². The summed E-state index contributed by atoms with van der Waals surface area (Å²) in [6.07, 6.45) is 5.42. The molecule has 3 aromatic heterocycles. The van der Waals surface area contributed by atoms with Gasteiger partial charge in [-0.25, -0.2) is 14.5 Å². The Morgan fingerprint density at radius 1 is 1.19 bits per heavy atom. The molecule has 0 aliphatic carbocycles. The molecule has 8 nitrogen and oxygen atoms in total. The smallest absolute Gasteiger partial charge is 0.257 e. The topological polar surface area (TPSA) is 105 Å². The second-order valence-corrected chi connectivity index (χ2v) is 7.88. The number of benzene rings is 1. The first-order valence-electron chi connectivity index (χ1n) is 10.2. The van der Waals surface area contributed by atoms with Crippen LogP contribution in [0.15, 0.2) is 59.8 Å². The Morgan fingerprint density at radius 2 is 1.97 bits per heavy atom. The van der Waals surface area contributed by atoms with Crippen LogP contribution in [-0.4, -0.2) is 30.5 Å². The van der Waals surface area contributed by atoms with E-state index in [4.69, 9.17) is 0 Å². The van der Waals surface area contributed by atoms with Crippen LogP contribution in [0.5, 0.6) is 0 Å². The maximum atomic E-state index is 13.1. The Morgan fingerprint density at radius 3 is 2.71 bits per heavy atom. The summed E-state index contributed by atoms with van der Waals surface area (Å²) in [4.78, 5) is 37.0. The first-order chi connectivity index (χ1) is 14.9. The number of carbonyl (C=O) groups excluding carboxylic acids is 1. The van der Waals surface area contributed by atoms with E-state index in [1.807, 2.05) is 57.3 Å². The van der Waals surface area contributed by atoms with E-state index in [1.165, 1.54) is 12.3 Å². The third-order valence-corrected chi connectivity index (χ3v) is 5.01. The zero-order valence-electron chi connectivity index (χ0n) is 17.7. The van der Waals surface area contributed by atoms with Crippen molar-refractivity contribution in [3.05, 3.63) is 93.6 Å². The third-order valence-electron chi connectivity index (χ3n) is 5.01. The normalized spacial score (nSPS) is 12.3. The number of nitrogens with zero attached hydrogens (tertiary/aromatic N) is 4. The molecular formula is C23H24N6O2. The highest BCUT2D eigenvalue weighted by Gasteiger charge is 2.21. The van der Waals surface area contributed by atoms with Crippen molar-refractivity contribution in [2.24, 2.45) is 0 Å². The lowest BCUT2D eigenvalue weighted by molar-refractivity contribution is 0.0937. The third kappa shape index (κ3) is 4.53. The maximum absolute atomic E-state index is 13.1. The standard InChI is InChI=1S/C23H24N6O2/c1-14(2)21-26-17(10-20(30)28-21)9-19(16-7-5-4-6-8-16)27-23(31)18-12-25-29-13-15(3)11-24-22(18)29/h4-8,10-14,19H,9H2,1-3H3,(H,27,31)(H,26,28,30)/t19-/m1/s1. The van der Waals surface area contributed by atoms with E-state index in [0.717, 1.165) is 11.1 Å². The molecule has 1 amide bonds. The quantitative estimate of drug-likeness (QED) is 0.503. The first kappa shape index (κ1) is 20.5. The molecule has 31 heavy (non-hydrogen) atoms. The van der Waals surface area contributed by atoms with Gasteiger partial charge >= 0.3 is 0 Å². The zero-order chi connectivity index (χ0) is 22.0. The minimum Gasteiger partial charge on any atom is -0.345 e. The summed E-state index contributed by atoms with van der Waals surface area (Å²) in [6, 6.07) is 10.7. The van der Waals surface area contributed by atoms with Crippen LogP contribution < -0.4 is 10.9 Å². The molecule has 0 aliphatic rings. The zero-order valence-corrected chi connectivity index (χ0v) is 17.7. The molecule has 0 spiro atoms. The number of hydrogen-bond donors (Lipinski definition) is 2. The SMILES string of the molecule is Cc1cnc2c(C(=O)N[C@H](Cc3cc(=O)[nH]c(C(C)C)n3)c3ccccc3)cnn2c1. The maximum Gasteiger partial charge on any atom is 0.257 e. The van der Waals surface area contributed by atoms with E-state index in [2.05, 4.69) is 25.4 Å². The molecule has 0 bridgehead atoms. The lowest BCUT2D eigenvalue weighted by Gasteiger charge is -2.19. The number of hydrogen-bond acceptors (Lipinski definition) is 5. The minimum absolute atomic E-state index is 0.0886. The Labute approximate surface area is 179 Å². The number of aromatic nitrogens is 5. The summed E-state index contributed by atoms with van der Waals surface area (Å²) in [5.74, 6) is 0.433. The number of aryl methyl sites for hydroxylation is 1. The number of nitrogens with one attached hydrogen (secondary N) is 2. The Bertz CT molecular complexity index is 1280. The van der Waals surface area contributed by atoms with E-state index < -0.39 is 0 Å². The molecule has 1 aromatic carbocycles. The van der Waals surface area contributed by atoms with Crippen LogP contribution in [0.1, 0.15) is 58.8 Å². The highest BCUT2D eigenvalue weighted by molar-refractivity contribution is 5.99. The molecule has 0 saturated heterocycles. The van der Waals surface area contributed by atoms with Gasteiger partial charge in [0.15, 0.2) is 5.65 Å². The fraction of sp³-hybridized carbons (Fsp3) is 0.261. The summed E-state index contributed by atoms with van der Waals surface area (Å²) in [5, 5.41) is 7.32. The predicted octanol–water partition coefficient (Wildman–Crippen LogP) is 2.96. The predicted molar refractivity (Wildman–Crippen MR) is 117 cm³/mol. The van der Waals surface area contributed by atoms with E-state index in [0.29, 0.717) is 29.1 Å². The number of fused-ring (bicyclic) bond motifs is 1. The average molecular weight is 416 g/mol. The highest BCUT2D eigenvalue weighted by atomic mass is 16.1. The molecule has 0 unspecified atom stereocenters. The van der Waals surface area contributed by atoms with Gasteiger partial charge in [-0.1, -0.05) is 44.2 Å². The van der Waals surface area contributed by atoms with Crippen LogP contribution in [0.2, 0.25) is 0 Å². The van der Waals surface area contributed by atoms with Crippen LogP contribution in [0.4, 0.5) is 0 Å². The van der Waals surface area contributed by atoms with Gasteiger partial charge in [0, 0.05) is 30.8 Å². The molecule has 158 valence electrons.